The molecule has 3 heterocycles. The number of fused-ring (bicyclic) bond motifs is 2. The highest BCUT2D eigenvalue weighted by Crippen LogP contribution is 2.20. The van der Waals surface area contributed by atoms with Gasteiger partial charge in [0.05, 0.1) is 10.3 Å². The van der Waals surface area contributed by atoms with E-state index < -0.39 is 9.84 Å². The van der Waals surface area contributed by atoms with Crippen molar-refractivity contribution >= 4 is 26.5 Å². The van der Waals surface area contributed by atoms with Crippen LogP contribution in [-0.4, -0.2) is 22.4 Å². The van der Waals surface area contributed by atoms with Crippen LogP contribution in [0.15, 0.2) is 69.3 Å². The zero-order chi connectivity index (χ0) is 21.5. The average molecular weight is 423 g/mol. The molecule has 1 aromatic carbocycles. The highest BCUT2D eigenvalue weighted by atomic mass is 32.2. The van der Waals surface area contributed by atoms with E-state index in [2.05, 4.69) is 4.98 Å². The van der Waals surface area contributed by atoms with Crippen molar-refractivity contribution in [3.05, 3.63) is 76.1 Å². The first-order chi connectivity index (χ1) is 14.3. The van der Waals surface area contributed by atoms with E-state index in [1.54, 1.807) is 30.5 Å². The van der Waals surface area contributed by atoms with Gasteiger partial charge in [-0.3, -0.25) is 14.6 Å². The van der Waals surface area contributed by atoms with Crippen molar-refractivity contribution in [1.29, 1.82) is 5.41 Å². The fourth-order valence-electron chi connectivity index (χ4n) is 3.48. The number of hydrogen-bond acceptors (Lipinski definition) is 5. The number of sulfone groups is 1. The Hall–Kier alpha value is -3.26. The van der Waals surface area contributed by atoms with E-state index in [0.717, 1.165) is 18.4 Å². The van der Waals surface area contributed by atoms with Crippen LogP contribution < -0.4 is 11.0 Å². The largest absolute Gasteiger partial charge is 0.310 e. The molecule has 4 aromatic rings. The fraction of sp³-hybridized carbons (Fsp3) is 0.227. The van der Waals surface area contributed by atoms with E-state index in [4.69, 9.17) is 5.41 Å². The molecule has 0 atom stereocenters. The first-order valence-electron chi connectivity index (χ1n) is 9.76. The minimum absolute atomic E-state index is 0.0876. The predicted octanol–water partition coefficient (Wildman–Crippen LogP) is 3.07. The topological polar surface area (TPSA) is 97.3 Å². The lowest BCUT2D eigenvalue weighted by atomic mass is 10.2. The molecule has 154 valence electrons. The zero-order valence-electron chi connectivity index (χ0n) is 16.8. The monoisotopic (exact) mass is 422 g/mol. The average Bonchev–Trinajstić information content (AvgIpc) is 2.74. The number of aryl methyl sites for hydroxylation is 2. The molecule has 3 aromatic heterocycles. The van der Waals surface area contributed by atoms with Gasteiger partial charge in [0.2, 0.25) is 9.84 Å². The van der Waals surface area contributed by atoms with Crippen LogP contribution in [0.25, 0.3) is 16.7 Å². The van der Waals surface area contributed by atoms with Gasteiger partial charge in [-0.05, 0) is 43.2 Å². The maximum atomic E-state index is 13.3. The number of rotatable bonds is 5. The normalized spacial score (nSPS) is 11.9. The third-order valence-electron chi connectivity index (χ3n) is 5.10. The Kier molecular flexibility index (Phi) is 5.03. The molecule has 0 aliphatic carbocycles. The molecule has 0 unspecified atom stereocenters. The van der Waals surface area contributed by atoms with Crippen LogP contribution in [-0.2, 0) is 16.4 Å². The van der Waals surface area contributed by atoms with Crippen molar-refractivity contribution in [2.24, 2.45) is 0 Å². The lowest BCUT2D eigenvalue weighted by molar-refractivity contribution is 0.580. The highest BCUT2D eigenvalue weighted by molar-refractivity contribution is 7.91. The van der Waals surface area contributed by atoms with Crippen LogP contribution in [0.2, 0.25) is 0 Å². The first kappa shape index (κ1) is 20.0. The van der Waals surface area contributed by atoms with E-state index in [9.17, 15) is 13.2 Å². The van der Waals surface area contributed by atoms with E-state index in [1.165, 1.54) is 27.2 Å². The van der Waals surface area contributed by atoms with E-state index in [-0.39, 0.29) is 26.2 Å². The van der Waals surface area contributed by atoms with Gasteiger partial charge < -0.3 is 4.57 Å². The van der Waals surface area contributed by atoms with Crippen LogP contribution >= 0.6 is 0 Å². The Morgan fingerprint density at radius 2 is 1.83 bits per heavy atom. The van der Waals surface area contributed by atoms with Crippen LogP contribution in [0.3, 0.4) is 0 Å². The van der Waals surface area contributed by atoms with Gasteiger partial charge in [-0.25, -0.2) is 13.4 Å². The van der Waals surface area contributed by atoms with Crippen molar-refractivity contribution < 1.29 is 8.42 Å². The van der Waals surface area contributed by atoms with Crippen LogP contribution in [0, 0.1) is 12.3 Å². The summed E-state index contributed by atoms with van der Waals surface area (Å²) in [6, 6.07) is 12.9. The van der Waals surface area contributed by atoms with Gasteiger partial charge in [0.25, 0.3) is 5.56 Å². The molecule has 0 radical (unpaired) electrons. The second-order valence-electron chi connectivity index (χ2n) is 7.27. The van der Waals surface area contributed by atoms with Gasteiger partial charge >= 0.3 is 0 Å². The molecule has 4 rings (SSSR count). The van der Waals surface area contributed by atoms with Crippen LogP contribution in [0.5, 0.6) is 0 Å². The number of pyridine rings is 2. The molecule has 0 spiro atoms. The maximum absolute atomic E-state index is 13.3. The standard InChI is InChI=1S/C22H22N4O3S/c1-3-4-12-25-20(23)18(30(28,29)16-8-6-5-7-9-16)13-17-21(25)24-19-11-10-15(2)14-26(19)22(17)27/h5-11,13-14,23H,3-4,12H2,1-2H3. The van der Waals surface area contributed by atoms with Crippen molar-refractivity contribution in [1.82, 2.24) is 14.0 Å². The number of unbranched alkanes of at least 4 members (excludes halogenated alkanes) is 1. The lowest BCUT2D eigenvalue weighted by Crippen LogP contribution is -2.30. The Balaban J connectivity index is 2.14. The van der Waals surface area contributed by atoms with Gasteiger partial charge in [-0.15, -0.1) is 0 Å². The summed E-state index contributed by atoms with van der Waals surface area (Å²) in [5.74, 6) is 0. The smallest absolute Gasteiger partial charge is 0.267 e. The van der Waals surface area contributed by atoms with Crippen molar-refractivity contribution in [3.8, 4) is 0 Å². The molecule has 0 amide bonds. The van der Waals surface area contributed by atoms with E-state index in [0.29, 0.717) is 17.8 Å². The molecule has 0 aliphatic rings. The molecular formula is C22H22N4O3S. The minimum atomic E-state index is -3.97. The molecule has 0 saturated carbocycles. The highest BCUT2D eigenvalue weighted by Gasteiger charge is 2.23. The number of aromatic nitrogens is 3. The first-order valence-corrected chi connectivity index (χ1v) is 11.2. The summed E-state index contributed by atoms with van der Waals surface area (Å²) in [5.41, 5.74) is 1.16. The number of nitrogens with zero attached hydrogens (tertiary/aromatic N) is 3. The second-order valence-corrected chi connectivity index (χ2v) is 9.19. The van der Waals surface area contributed by atoms with Gasteiger partial charge in [-0.1, -0.05) is 37.6 Å². The van der Waals surface area contributed by atoms with Gasteiger partial charge in [0.1, 0.15) is 21.7 Å². The molecule has 0 aliphatic heterocycles. The van der Waals surface area contributed by atoms with Gasteiger partial charge in [-0.2, -0.15) is 0 Å². The third kappa shape index (κ3) is 3.23. The summed E-state index contributed by atoms with van der Waals surface area (Å²) < 4.78 is 29.5. The number of benzene rings is 1. The Labute approximate surface area is 173 Å². The number of hydrogen-bond donors (Lipinski definition) is 1. The summed E-state index contributed by atoms with van der Waals surface area (Å²) >= 11 is 0. The molecular weight excluding hydrogens is 400 g/mol. The number of nitrogens with one attached hydrogen (secondary N) is 1. The summed E-state index contributed by atoms with van der Waals surface area (Å²) in [7, 11) is -3.97. The minimum Gasteiger partial charge on any atom is -0.310 e. The Morgan fingerprint density at radius 1 is 1.10 bits per heavy atom. The zero-order valence-corrected chi connectivity index (χ0v) is 17.6. The molecule has 0 fully saturated rings. The lowest BCUT2D eigenvalue weighted by Gasteiger charge is -2.15. The summed E-state index contributed by atoms with van der Waals surface area (Å²) in [4.78, 5) is 17.7. The van der Waals surface area contributed by atoms with E-state index >= 15 is 0 Å². The Morgan fingerprint density at radius 3 is 2.53 bits per heavy atom. The Bertz CT molecular complexity index is 1490. The molecule has 0 bridgehead atoms. The van der Waals surface area contributed by atoms with E-state index in [1.807, 2.05) is 19.9 Å². The molecule has 30 heavy (non-hydrogen) atoms. The predicted molar refractivity (Wildman–Crippen MR) is 114 cm³/mol. The summed E-state index contributed by atoms with van der Waals surface area (Å²) in [5, 5.41) is 8.84. The van der Waals surface area contributed by atoms with Crippen LogP contribution in [0.1, 0.15) is 25.3 Å². The van der Waals surface area contributed by atoms with Crippen molar-refractivity contribution in [2.75, 3.05) is 0 Å². The quantitative estimate of drug-likeness (QED) is 0.500. The van der Waals surface area contributed by atoms with Gasteiger partial charge in [0.15, 0.2) is 0 Å². The summed E-state index contributed by atoms with van der Waals surface area (Å²) in [6.45, 7) is 4.28. The third-order valence-corrected chi connectivity index (χ3v) is 6.88. The SMILES string of the molecule is CCCCn1c(=N)c(S(=O)(=O)c2ccccc2)cc2c(=O)n3cc(C)ccc3nc21. The fourth-order valence-corrected chi connectivity index (χ4v) is 4.89. The second kappa shape index (κ2) is 7.53. The van der Waals surface area contributed by atoms with Gasteiger partial charge in [0, 0.05) is 12.7 Å². The van der Waals surface area contributed by atoms with Crippen molar-refractivity contribution in [2.45, 2.75) is 43.0 Å². The van der Waals surface area contributed by atoms with Crippen molar-refractivity contribution in [3.63, 3.8) is 0 Å². The van der Waals surface area contributed by atoms with Crippen LogP contribution in [0.4, 0.5) is 0 Å². The summed E-state index contributed by atoms with van der Waals surface area (Å²) in [6.07, 6.45) is 3.27. The molecule has 7 nitrogen and oxygen atoms in total. The molecule has 8 heteroatoms. The molecule has 0 saturated heterocycles. The molecule has 1 N–H and O–H groups in total. The maximum Gasteiger partial charge on any atom is 0.267 e.